The summed E-state index contributed by atoms with van der Waals surface area (Å²) >= 11 is 0. The Balaban J connectivity index is 2.81. The fourth-order valence-corrected chi connectivity index (χ4v) is 1.58. The van der Waals surface area contributed by atoms with Crippen molar-refractivity contribution in [3.8, 4) is 0 Å². The first-order valence-corrected chi connectivity index (χ1v) is 5.91. The summed E-state index contributed by atoms with van der Waals surface area (Å²) in [6, 6.07) is 2.77. The van der Waals surface area contributed by atoms with E-state index in [1.54, 1.807) is 0 Å². The smallest absolute Gasteiger partial charge is 0.307 e. The predicted octanol–water partition coefficient (Wildman–Crippen LogP) is 0.962. The van der Waals surface area contributed by atoms with Gasteiger partial charge in [-0.2, -0.15) is 0 Å². The average molecular weight is 287 g/mol. The topological polar surface area (TPSA) is 66.8 Å². The number of hydrogen-bond donors (Lipinski definition) is 1. The Kier molecular flexibility index (Phi) is 6.05. The maximum atomic E-state index is 13.1. The van der Waals surface area contributed by atoms with Gasteiger partial charge >= 0.3 is 5.97 Å². The molecule has 0 saturated carbocycles. The molecule has 0 aliphatic heterocycles. The first kappa shape index (κ1) is 16.0. The van der Waals surface area contributed by atoms with Crippen molar-refractivity contribution < 1.29 is 28.2 Å². The summed E-state index contributed by atoms with van der Waals surface area (Å²) in [6.07, 6.45) is -0.0497. The minimum atomic E-state index is -1.13. The lowest BCUT2D eigenvalue weighted by atomic mass is 10.2. The molecule has 0 aromatic heterocycles. The van der Waals surface area contributed by atoms with Crippen LogP contribution in [0.2, 0.25) is 0 Å². The molecule has 0 aliphatic carbocycles. The van der Waals surface area contributed by atoms with Crippen LogP contribution in [0.3, 0.4) is 0 Å². The Labute approximate surface area is 114 Å². The molecule has 0 saturated heterocycles. The Morgan fingerprint density at radius 2 is 1.95 bits per heavy atom. The van der Waals surface area contributed by atoms with Crippen molar-refractivity contribution in [2.45, 2.75) is 6.42 Å². The van der Waals surface area contributed by atoms with Gasteiger partial charge in [-0.1, -0.05) is 0 Å². The minimum Gasteiger partial charge on any atom is -0.469 e. The number of carbonyl (C=O) groups is 2. The summed E-state index contributed by atoms with van der Waals surface area (Å²) in [7, 11) is 1.22. The number of amides is 1. The zero-order chi connectivity index (χ0) is 15.1. The highest BCUT2D eigenvalue weighted by Crippen LogP contribution is 2.11. The molecule has 0 spiro atoms. The predicted molar refractivity (Wildman–Crippen MR) is 66.0 cm³/mol. The van der Waals surface area contributed by atoms with E-state index < -0.39 is 23.5 Å². The van der Waals surface area contributed by atoms with Crippen molar-refractivity contribution in [2.75, 3.05) is 26.8 Å². The maximum Gasteiger partial charge on any atom is 0.307 e. The van der Waals surface area contributed by atoms with Crippen LogP contribution in [0.5, 0.6) is 0 Å². The van der Waals surface area contributed by atoms with Gasteiger partial charge in [0, 0.05) is 18.7 Å². The number of aliphatic hydroxyl groups is 1. The molecular formula is C13H15F2NO4. The Hall–Kier alpha value is -2.02. The zero-order valence-electron chi connectivity index (χ0n) is 10.9. The molecule has 7 heteroatoms. The molecule has 0 heterocycles. The maximum absolute atomic E-state index is 13.1. The second kappa shape index (κ2) is 7.54. The summed E-state index contributed by atoms with van der Waals surface area (Å²) < 4.78 is 30.3. The Morgan fingerprint density at radius 1 is 1.25 bits per heavy atom. The third kappa shape index (κ3) is 4.27. The van der Waals surface area contributed by atoms with Gasteiger partial charge in [-0.15, -0.1) is 0 Å². The van der Waals surface area contributed by atoms with E-state index in [1.807, 2.05) is 0 Å². The molecule has 1 N–H and O–H groups in total. The highest BCUT2D eigenvalue weighted by atomic mass is 19.2. The molecule has 0 radical (unpaired) electrons. The highest BCUT2D eigenvalue weighted by molar-refractivity contribution is 5.94. The molecule has 0 bridgehead atoms. The van der Waals surface area contributed by atoms with Crippen LogP contribution in [0.15, 0.2) is 18.2 Å². The van der Waals surface area contributed by atoms with Gasteiger partial charge in [-0.3, -0.25) is 9.59 Å². The molecular weight excluding hydrogens is 272 g/mol. The van der Waals surface area contributed by atoms with Crippen molar-refractivity contribution in [1.29, 1.82) is 0 Å². The van der Waals surface area contributed by atoms with Gasteiger partial charge in [0.2, 0.25) is 0 Å². The molecule has 1 amide bonds. The minimum absolute atomic E-state index is 0.0189. The van der Waals surface area contributed by atoms with E-state index in [-0.39, 0.29) is 31.7 Å². The van der Waals surface area contributed by atoms with Crippen LogP contribution in [0.25, 0.3) is 0 Å². The number of halogens is 2. The number of hydrogen-bond acceptors (Lipinski definition) is 4. The number of carbonyl (C=O) groups excluding carboxylic acids is 2. The molecule has 5 nitrogen and oxygen atoms in total. The molecule has 0 unspecified atom stereocenters. The van der Waals surface area contributed by atoms with Crippen LogP contribution in [0.4, 0.5) is 8.78 Å². The van der Waals surface area contributed by atoms with Crippen molar-refractivity contribution in [2.24, 2.45) is 0 Å². The van der Waals surface area contributed by atoms with E-state index in [9.17, 15) is 18.4 Å². The molecule has 1 aromatic carbocycles. The molecule has 110 valence electrons. The molecule has 0 fully saturated rings. The van der Waals surface area contributed by atoms with Gasteiger partial charge < -0.3 is 14.7 Å². The summed E-state index contributed by atoms with van der Waals surface area (Å²) in [6.45, 7) is -0.309. The van der Waals surface area contributed by atoms with Crippen LogP contribution in [-0.2, 0) is 9.53 Å². The number of ether oxygens (including phenoxy) is 1. The number of benzene rings is 1. The number of methoxy groups -OCH3 is 1. The van der Waals surface area contributed by atoms with Crippen molar-refractivity contribution in [1.82, 2.24) is 4.90 Å². The fraction of sp³-hybridized carbons (Fsp3) is 0.385. The van der Waals surface area contributed by atoms with Crippen LogP contribution in [0, 0.1) is 11.6 Å². The quantitative estimate of drug-likeness (QED) is 0.791. The second-order valence-corrected chi connectivity index (χ2v) is 3.97. The molecule has 1 aromatic rings. The Bertz CT molecular complexity index is 493. The normalized spacial score (nSPS) is 10.2. The SMILES string of the molecule is COC(=O)CCN(CCO)C(=O)c1ccc(F)c(F)c1. The van der Waals surface area contributed by atoms with E-state index in [2.05, 4.69) is 4.74 Å². The van der Waals surface area contributed by atoms with E-state index in [1.165, 1.54) is 12.0 Å². The number of aliphatic hydroxyl groups excluding tert-OH is 1. The van der Waals surface area contributed by atoms with Gasteiger partial charge in [0.1, 0.15) is 0 Å². The first-order chi connectivity index (χ1) is 9.49. The lowest BCUT2D eigenvalue weighted by Crippen LogP contribution is -2.35. The van der Waals surface area contributed by atoms with E-state index >= 15 is 0 Å². The summed E-state index contributed by atoms with van der Waals surface area (Å²) in [5, 5.41) is 8.91. The highest BCUT2D eigenvalue weighted by Gasteiger charge is 2.18. The lowest BCUT2D eigenvalue weighted by molar-refractivity contribution is -0.140. The van der Waals surface area contributed by atoms with Crippen LogP contribution in [-0.4, -0.2) is 48.7 Å². The van der Waals surface area contributed by atoms with Crippen LogP contribution >= 0.6 is 0 Å². The van der Waals surface area contributed by atoms with E-state index in [0.29, 0.717) is 0 Å². The monoisotopic (exact) mass is 287 g/mol. The summed E-state index contributed by atoms with van der Waals surface area (Å²) in [5.41, 5.74) is -0.0535. The van der Waals surface area contributed by atoms with Crippen molar-refractivity contribution in [3.63, 3.8) is 0 Å². The summed E-state index contributed by atoms with van der Waals surface area (Å²) in [4.78, 5) is 24.3. The zero-order valence-corrected chi connectivity index (χ0v) is 10.9. The fourth-order valence-electron chi connectivity index (χ4n) is 1.58. The number of rotatable bonds is 6. The lowest BCUT2D eigenvalue weighted by Gasteiger charge is -2.21. The first-order valence-electron chi connectivity index (χ1n) is 5.91. The van der Waals surface area contributed by atoms with Gasteiger partial charge in [0.15, 0.2) is 11.6 Å². The Morgan fingerprint density at radius 3 is 2.50 bits per heavy atom. The van der Waals surface area contributed by atoms with Gasteiger partial charge in [-0.05, 0) is 18.2 Å². The van der Waals surface area contributed by atoms with Crippen LogP contribution < -0.4 is 0 Å². The number of esters is 1. The molecule has 20 heavy (non-hydrogen) atoms. The summed E-state index contributed by atoms with van der Waals surface area (Å²) in [5.74, 6) is -3.29. The van der Waals surface area contributed by atoms with Crippen LogP contribution in [0.1, 0.15) is 16.8 Å². The molecule has 0 aliphatic rings. The van der Waals surface area contributed by atoms with Gasteiger partial charge in [-0.25, -0.2) is 8.78 Å². The molecule has 1 rings (SSSR count). The van der Waals surface area contributed by atoms with E-state index in [4.69, 9.17) is 5.11 Å². The largest absolute Gasteiger partial charge is 0.469 e. The third-order valence-electron chi connectivity index (χ3n) is 2.64. The molecule has 0 atom stereocenters. The van der Waals surface area contributed by atoms with Crippen molar-refractivity contribution in [3.05, 3.63) is 35.4 Å². The number of nitrogens with zero attached hydrogens (tertiary/aromatic N) is 1. The standard InChI is InChI=1S/C13H15F2NO4/c1-20-12(18)4-5-16(6-7-17)13(19)9-2-3-10(14)11(15)8-9/h2-3,8,17H,4-7H2,1H3. The third-order valence-corrected chi connectivity index (χ3v) is 2.64. The van der Waals surface area contributed by atoms with Gasteiger partial charge in [0.25, 0.3) is 5.91 Å². The second-order valence-electron chi connectivity index (χ2n) is 3.97. The average Bonchev–Trinajstić information content (AvgIpc) is 2.45. The van der Waals surface area contributed by atoms with Gasteiger partial charge in [0.05, 0.1) is 20.1 Å². The van der Waals surface area contributed by atoms with Crippen molar-refractivity contribution >= 4 is 11.9 Å². The van der Waals surface area contributed by atoms with E-state index in [0.717, 1.165) is 18.2 Å².